The average Bonchev–Trinajstić information content (AvgIpc) is 3.46. The molecule has 2 N–H and O–H groups in total. The van der Waals surface area contributed by atoms with Crippen molar-refractivity contribution in [2.45, 2.75) is 70.3 Å². The quantitative estimate of drug-likeness (QED) is 0.247. The first kappa shape index (κ1) is 29.4. The standard InChI is InChI=1S/C32H35NO14/c1-16(34)41-15-26-27(44-17(2)35)28(45-18(3)36)29(46-19(4)37)31(47-26)42-14-25(30(38)39)33-32(40)43-13-24-22-11-7-5-9-20(22)21-10-6-8-12-23(21)24/h5-12,24-29,31H,13-15H2,1-4H3,(H,33,40)(H,38,39)/t25-,26+,27+,28-,29-,31?/m0/s1/i1D,2D,3D,4D. The summed E-state index contributed by atoms with van der Waals surface area (Å²) in [6, 6.07) is 13.4. The predicted octanol–water partition coefficient (Wildman–Crippen LogP) is 2.08. The fourth-order valence-electron chi connectivity index (χ4n) is 5.33. The number of ether oxygens (including phenoxy) is 7. The summed E-state index contributed by atoms with van der Waals surface area (Å²) in [5.74, 6) is -6.54. The highest BCUT2D eigenvalue weighted by Gasteiger charge is 2.53. The number of carbonyl (C=O) groups is 6. The first-order valence-corrected chi connectivity index (χ1v) is 14.0. The summed E-state index contributed by atoms with van der Waals surface area (Å²) in [6.45, 7) is -5.41. The number of alkyl carbamates (subject to hydrolysis) is 1. The number of amides is 1. The van der Waals surface area contributed by atoms with Crippen LogP contribution in [0, 0.1) is 0 Å². The van der Waals surface area contributed by atoms with Crippen LogP contribution in [0.25, 0.3) is 11.1 Å². The van der Waals surface area contributed by atoms with Gasteiger partial charge in [0, 0.05) is 39.0 Å². The number of rotatable bonds is 12. The lowest BCUT2D eigenvalue weighted by Gasteiger charge is -2.44. The van der Waals surface area contributed by atoms with Crippen LogP contribution < -0.4 is 5.32 Å². The summed E-state index contributed by atoms with van der Waals surface area (Å²) in [6.07, 6.45) is -10.0. The van der Waals surface area contributed by atoms with Crippen molar-refractivity contribution in [2.75, 3.05) is 19.8 Å². The van der Waals surface area contributed by atoms with Crippen LogP contribution in [-0.4, -0.2) is 97.6 Å². The molecule has 1 aliphatic heterocycles. The molecule has 0 radical (unpaired) electrons. The third-order valence-electron chi connectivity index (χ3n) is 7.16. The third kappa shape index (κ3) is 8.83. The zero-order chi connectivity index (χ0) is 37.1. The van der Waals surface area contributed by atoms with Gasteiger partial charge in [-0.2, -0.15) is 0 Å². The van der Waals surface area contributed by atoms with Gasteiger partial charge in [-0.15, -0.1) is 0 Å². The summed E-state index contributed by atoms with van der Waals surface area (Å²) >= 11 is 0. The largest absolute Gasteiger partial charge is 0.480 e. The summed E-state index contributed by atoms with van der Waals surface area (Å²) < 4.78 is 66.7. The van der Waals surface area contributed by atoms with Crippen LogP contribution in [0.4, 0.5) is 4.79 Å². The van der Waals surface area contributed by atoms with Gasteiger partial charge >= 0.3 is 35.9 Å². The van der Waals surface area contributed by atoms with Crippen LogP contribution in [0.2, 0.25) is 0 Å². The highest BCUT2D eigenvalue weighted by atomic mass is 16.7. The van der Waals surface area contributed by atoms with Crippen molar-refractivity contribution in [3.63, 3.8) is 0 Å². The summed E-state index contributed by atoms with van der Waals surface area (Å²) in [5, 5.41) is 12.1. The molecule has 252 valence electrons. The van der Waals surface area contributed by atoms with Gasteiger partial charge in [-0.1, -0.05) is 48.5 Å². The number of hydrogen-bond acceptors (Lipinski definition) is 13. The number of benzene rings is 2. The lowest BCUT2D eigenvalue weighted by molar-refractivity contribution is -0.308. The molecule has 15 heteroatoms. The predicted molar refractivity (Wildman–Crippen MR) is 158 cm³/mol. The Bertz CT molecular complexity index is 1550. The highest BCUT2D eigenvalue weighted by Crippen LogP contribution is 2.44. The van der Waals surface area contributed by atoms with Gasteiger partial charge < -0.3 is 43.6 Å². The maximum absolute atomic E-state index is 12.9. The molecule has 2 aliphatic rings. The molecular weight excluding hydrogens is 622 g/mol. The molecule has 1 fully saturated rings. The fraction of sp³-hybridized carbons (Fsp3) is 0.438. The Morgan fingerprint density at radius 3 is 1.89 bits per heavy atom. The number of esters is 4. The summed E-state index contributed by atoms with van der Waals surface area (Å²) in [5.41, 5.74) is 3.79. The number of aliphatic carboxylic acids is 1. The number of carboxylic acid groups (broad SMARTS) is 1. The van der Waals surface area contributed by atoms with Crippen LogP contribution >= 0.6 is 0 Å². The molecule has 0 bridgehead atoms. The Morgan fingerprint density at radius 2 is 1.32 bits per heavy atom. The van der Waals surface area contributed by atoms with Crippen LogP contribution in [0.1, 0.15) is 50.1 Å². The molecular formula is C32H35NO14. The maximum atomic E-state index is 12.9. The van der Waals surface area contributed by atoms with E-state index in [-0.39, 0.29) is 12.5 Å². The minimum absolute atomic E-state index is 0.135. The van der Waals surface area contributed by atoms with Gasteiger partial charge in [0.2, 0.25) is 0 Å². The Balaban J connectivity index is 1.52. The zero-order valence-corrected chi connectivity index (χ0v) is 24.9. The van der Waals surface area contributed by atoms with Crippen molar-refractivity contribution in [1.29, 1.82) is 0 Å². The first-order chi connectivity index (χ1) is 24.5. The van der Waals surface area contributed by atoms with Gasteiger partial charge in [-0.25, -0.2) is 9.59 Å². The van der Waals surface area contributed by atoms with Gasteiger partial charge in [-0.05, 0) is 22.3 Å². The molecule has 2 aromatic carbocycles. The number of nitrogens with one attached hydrogen (secondary N) is 1. The third-order valence-corrected chi connectivity index (χ3v) is 7.16. The lowest BCUT2D eigenvalue weighted by Crippen LogP contribution is -2.63. The summed E-state index contributed by atoms with van der Waals surface area (Å²) in [4.78, 5) is 73.6. The van der Waals surface area contributed by atoms with Crippen molar-refractivity contribution < 1.29 is 72.5 Å². The van der Waals surface area contributed by atoms with Crippen LogP contribution in [0.5, 0.6) is 0 Å². The number of hydrogen-bond donors (Lipinski definition) is 2. The van der Waals surface area contributed by atoms with Crippen molar-refractivity contribution in [2.24, 2.45) is 0 Å². The molecule has 0 spiro atoms. The molecule has 0 saturated carbocycles. The van der Waals surface area contributed by atoms with Crippen LogP contribution in [-0.2, 0) is 57.1 Å². The van der Waals surface area contributed by atoms with Crippen molar-refractivity contribution in [3.05, 3.63) is 59.7 Å². The van der Waals surface area contributed by atoms with Gasteiger partial charge in [0.15, 0.2) is 30.6 Å². The van der Waals surface area contributed by atoms with Crippen molar-refractivity contribution in [3.8, 4) is 11.1 Å². The number of carboxylic acids is 1. The van der Waals surface area contributed by atoms with Crippen molar-refractivity contribution >= 4 is 35.9 Å². The molecule has 1 heterocycles. The maximum Gasteiger partial charge on any atom is 0.407 e. The normalized spacial score (nSPS) is 23.2. The SMILES string of the molecule is [2H]CC(=O)OC[C@H]1OC(OC[C@H](NC(=O)OCC2c3ccccc3-c3ccccc32)C(=O)O)[C@@H](OC(=O)C[2H])[C@@H](OC(=O)C[2H])[C@@H]1OC(=O)C[2H]. The van der Waals surface area contributed by atoms with E-state index in [4.69, 9.17) is 38.6 Å². The summed E-state index contributed by atoms with van der Waals surface area (Å²) in [7, 11) is 0. The Kier molecular flexibility index (Phi) is 9.70. The second-order valence-corrected chi connectivity index (χ2v) is 10.3. The van der Waals surface area contributed by atoms with Crippen LogP contribution in [0.15, 0.2) is 48.5 Å². The van der Waals surface area contributed by atoms with Crippen molar-refractivity contribution in [1.82, 2.24) is 5.32 Å². The Morgan fingerprint density at radius 1 is 0.766 bits per heavy atom. The van der Waals surface area contributed by atoms with Gasteiger partial charge in [0.1, 0.15) is 19.3 Å². The molecule has 6 atom stereocenters. The first-order valence-electron chi connectivity index (χ1n) is 16.9. The minimum Gasteiger partial charge on any atom is -0.480 e. The van der Waals surface area contributed by atoms with E-state index >= 15 is 0 Å². The van der Waals surface area contributed by atoms with E-state index in [1.165, 1.54) is 0 Å². The van der Waals surface area contributed by atoms with Crippen LogP contribution in [0.3, 0.4) is 0 Å². The van der Waals surface area contributed by atoms with E-state index in [0.717, 1.165) is 22.3 Å². The van der Waals surface area contributed by atoms with E-state index in [2.05, 4.69) is 5.32 Å². The van der Waals surface area contributed by atoms with Gasteiger partial charge in [0.25, 0.3) is 0 Å². The number of fused-ring (bicyclic) bond motifs is 3. The van der Waals surface area contributed by atoms with Gasteiger partial charge in [0.05, 0.1) is 6.61 Å². The second kappa shape index (κ2) is 15.5. The van der Waals surface area contributed by atoms with Gasteiger partial charge in [-0.3, -0.25) is 19.2 Å². The highest BCUT2D eigenvalue weighted by molar-refractivity contribution is 5.81. The zero-order valence-electron chi connectivity index (χ0n) is 28.9. The van der Waals surface area contributed by atoms with E-state index in [9.17, 15) is 33.9 Å². The lowest BCUT2D eigenvalue weighted by atomic mass is 9.98. The smallest absolute Gasteiger partial charge is 0.407 e. The minimum atomic E-state index is -1.87. The topological polar surface area (TPSA) is 199 Å². The molecule has 4 rings (SSSR count). The molecule has 2 aromatic rings. The molecule has 0 aromatic heterocycles. The molecule has 1 unspecified atom stereocenters. The molecule has 1 aliphatic carbocycles. The average molecular weight is 662 g/mol. The Labute approximate surface area is 275 Å². The molecule has 1 amide bonds. The second-order valence-electron chi connectivity index (χ2n) is 10.3. The van der Waals surface area contributed by atoms with E-state index in [0.29, 0.717) is 0 Å². The number of carbonyl (C=O) groups excluding carboxylic acids is 5. The molecule has 15 nitrogen and oxygen atoms in total. The van der Waals surface area contributed by atoms with E-state index in [1.54, 1.807) is 0 Å². The monoisotopic (exact) mass is 661 g/mol. The molecule has 47 heavy (non-hydrogen) atoms. The Hall–Kier alpha value is -5.02. The fourth-order valence-corrected chi connectivity index (χ4v) is 5.33. The molecule has 1 saturated heterocycles. The van der Waals surface area contributed by atoms with E-state index in [1.807, 2.05) is 48.5 Å². The van der Waals surface area contributed by atoms with E-state index < -0.39 is 114 Å².